The number of carbonyl (C=O) groups excluding carboxylic acids is 1. The molecule has 0 fully saturated rings. The van der Waals surface area contributed by atoms with Gasteiger partial charge in [-0.05, 0) is 5.56 Å². The molecule has 0 aliphatic heterocycles. The lowest BCUT2D eigenvalue weighted by molar-refractivity contribution is 0.0911. The van der Waals surface area contributed by atoms with Gasteiger partial charge in [0, 0.05) is 11.3 Å². The van der Waals surface area contributed by atoms with Gasteiger partial charge in [0.2, 0.25) is 0 Å². The summed E-state index contributed by atoms with van der Waals surface area (Å²) in [4.78, 5) is 16.5. The summed E-state index contributed by atoms with van der Waals surface area (Å²) in [6.45, 7) is 3.94. The van der Waals surface area contributed by atoms with Crippen molar-refractivity contribution in [1.29, 1.82) is 0 Å². The van der Waals surface area contributed by atoms with Gasteiger partial charge in [-0.3, -0.25) is 4.79 Å². The summed E-state index contributed by atoms with van der Waals surface area (Å²) in [6, 6.07) is 9.00. The summed E-state index contributed by atoms with van der Waals surface area (Å²) < 4.78 is 0. The molecule has 0 saturated heterocycles. The molecule has 2 N–H and O–H groups in total. The highest BCUT2D eigenvalue weighted by atomic mass is 32.1. The van der Waals surface area contributed by atoms with E-state index in [1.165, 1.54) is 11.3 Å². The third kappa shape index (κ3) is 3.43. The van der Waals surface area contributed by atoms with Crippen molar-refractivity contribution in [2.45, 2.75) is 25.8 Å². The van der Waals surface area contributed by atoms with Gasteiger partial charge in [-0.15, -0.1) is 11.3 Å². The minimum atomic E-state index is -0.409. The molecule has 5 heteroatoms. The zero-order chi connectivity index (χ0) is 14.5. The fourth-order valence-corrected chi connectivity index (χ4v) is 2.62. The van der Waals surface area contributed by atoms with E-state index in [4.69, 9.17) is 0 Å². The number of hydrogen-bond acceptors (Lipinski definition) is 4. The summed E-state index contributed by atoms with van der Waals surface area (Å²) in [5.41, 5.74) is 1.29. The van der Waals surface area contributed by atoms with E-state index < -0.39 is 6.04 Å². The molecule has 0 saturated carbocycles. The summed E-state index contributed by atoms with van der Waals surface area (Å²) >= 11 is 1.48. The standard InChI is InChI=1S/C15H18N2O2S/c1-10(2)15-17-13(9-20-15)14(19)16-12(8-18)11-6-4-3-5-7-11/h3-7,9-10,12,18H,8H2,1-2H3,(H,16,19)/t12-/m0/s1. The van der Waals surface area contributed by atoms with Crippen LogP contribution in [0, 0.1) is 0 Å². The van der Waals surface area contributed by atoms with Crippen LogP contribution in [0.2, 0.25) is 0 Å². The second kappa shape index (κ2) is 6.63. The van der Waals surface area contributed by atoms with Gasteiger partial charge in [-0.25, -0.2) is 4.98 Å². The Morgan fingerprint density at radius 1 is 1.35 bits per heavy atom. The second-order valence-corrected chi connectivity index (χ2v) is 5.73. The van der Waals surface area contributed by atoms with Crippen LogP contribution < -0.4 is 5.32 Å². The largest absolute Gasteiger partial charge is 0.394 e. The van der Waals surface area contributed by atoms with E-state index >= 15 is 0 Å². The molecule has 0 radical (unpaired) electrons. The predicted molar refractivity (Wildman–Crippen MR) is 79.9 cm³/mol. The normalized spacial score (nSPS) is 12.4. The molecule has 2 rings (SSSR count). The topological polar surface area (TPSA) is 62.2 Å². The van der Waals surface area contributed by atoms with Crippen molar-refractivity contribution in [1.82, 2.24) is 10.3 Å². The number of nitrogens with zero attached hydrogens (tertiary/aromatic N) is 1. The molecule has 106 valence electrons. The fourth-order valence-electron chi connectivity index (χ4n) is 1.81. The quantitative estimate of drug-likeness (QED) is 0.890. The van der Waals surface area contributed by atoms with Crippen LogP contribution in [-0.4, -0.2) is 22.6 Å². The summed E-state index contributed by atoms with van der Waals surface area (Å²) in [5, 5.41) is 14.9. The number of thiazole rings is 1. The maximum atomic E-state index is 12.1. The molecular weight excluding hydrogens is 272 g/mol. The van der Waals surface area contributed by atoms with Crippen LogP contribution in [0.4, 0.5) is 0 Å². The van der Waals surface area contributed by atoms with Crippen molar-refractivity contribution >= 4 is 17.2 Å². The molecule has 0 bridgehead atoms. The molecule has 4 nitrogen and oxygen atoms in total. The van der Waals surface area contributed by atoms with Gasteiger partial charge >= 0.3 is 0 Å². The van der Waals surface area contributed by atoms with Crippen LogP contribution in [-0.2, 0) is 0 Å². The van der Waals surface area contributed by atoms with Gasteiger partial charge in [-0.2, -0.15) is 0 Å². The molecule has 0 aliphatic carbocycles. The van der Waals surface area contributed by atoms with Gasteiger partial charge in [0.1, 0.15) is 5.69 Å². The maximum absolute atomic E-state index is 12.1. The first kappa shape index (κ1) is 14.7. The third-order valence-electron chi connectivity index (χ3n) is 2.94. The third-order valence-corrected chi connectivity index (χ3v) is 4.08. The van der Waals surface area contributed by atoms with Crippen molar-refractivity contribution in [3.05, 3.63) is 52.0 Å². The van der Waals surface area contributed by atoms with E-state index in [0.29, 0.717) is 11.6 Å². The molecule has 1 aromatic carbocycles. The number of aliphatic hydroxyl groups is 1. The Bertz CT molecular complexity index is 566. The maximum Gasteiger partial charge on any atom is 0.271 e. The summed E-state index contributed by atoms with van der Waals surface area (Å²) in [5.74, 6) is 0.0559. The van der Waals surface area contributed by atoms with Crippen LogP contribution in [0.1, 0.15) is 46.9 Å². The monoisotopic (exact) mass is 290 g/mol. The van der Waals surface area contributed by atoms with Gasteiger partial charge in [0.05, 0.1) is 17.7 Å². The van der Waals surface area contributed by atoms with Crippen LogP contribution in [0.5, 0.6) is 0 Å². The number of nitrogens with one attached hydrogen (secondary N) is 1. The lowest BCUT2D eigenvalue weighted by atomic mass is 10.1. The van der Waals surface area contributed by atoms with E-state index in [1.807, 2.05) is 44.2 Å². The number of aromatic nitrogens is 1. The molecule has 0 unspecified atom stereocenters. The highest BCUT2D eigenvalue weighted by molar-refractivity contribution is 7.09. The van der Waals surface area contributed by atoms with Crippen LogP contribution >= 0.6 is 11.3 Å². The predicted octanol–water partition coefficient (Wildman–Crippen LogP) is 2.73. The molecule has 20 heavy (non-hydrogen) atoms. The van der Waals surface area contributed by atoms with E-state index in [1.54, 1.807) is 5.38 Å². The van der Waals surface area contributed by atoms with E-state index in [-0.39, 0.29) is 12.5 Å². The summed E-state index contributed by atoms with van der Waals surface area (Å²) in [6.07, 6.45) is 0. The lowest BCUT2D eigenvalue weighted by Crippen LogP contribution is -2.31. The molecule has 0 spiro atoms. The first-order valence-corrected chi connectivity index (χ1v) is 7.42. The number of amides is 1. The smallest absolute Gasteiger partial charge is 0.271 e. The fraction of sp³-hybridized carbons (Fsp3) is 0.333. The average molecular weight is 290 g/mol. The summed E-state index contributed by atoms with van der Waals surface area (Å²) in [7, 11) is 0. The van der Waals surface area contributed by atoms with Crippen molar-refractivity contribution in [2.24, 2.45) is 0 Å². The zero-order valence-corrected chi connectivity index (χ0v) is 12.4. The molecule has 1 heterocycles. The molecule has 0 aliphatic rings. The number of aliphatic hydroxyl groups excluding tert-OH is 1. The Labute approximate surface area is 122 Å². The van der Waals surface area contributed by atoms with Gasteiger partial charge in [0.25, 0.3) is 5.91 Å². The van der Waals surface area contributed by atoms with E-state index in [2.05, 4.69) is 10.3 Å². The van der Waals surface area contributed by atoms with Gasteiger partial charge in [0.15, 0.2) is 0 Å². The minimum absolute atomic E-state index is 0.142. The van der Waals surface area contributed by atoms with Crippen LogP contribution in [0.3, 0.4) is 0 Å². The Hall–Kier alpha value is -1.72. The number of rotatable bonds is 5. The van der Waals surface area contributed by atoms with Gasteiger partial charge < -0.3 is 10.4 Å². The highest BCUT2D eigenvalue weighted by Crippen LogP contribution is 2.20. The number of benzene rings is 1. The first-order chi connectivity index (χ1) is 9.61. The van der Waals surface area contributed by atoms with Crippen LogP contribution in [0.25, 0.3) is 0 Å². The van der Waals surface area contributed by atoms with Crippen molar-refractivity contribution < 1.29 is 9.90 Å². The van der Waals surface area contributed by atoms with Crippen LogP contribution in [0.15, 0.2) is 35.7 Å². The Morgan fingerprint density at radius 2 is 2.05 bits per heavy atom. The second-order valence-electron chi connectivity index (χ2n) is 4.84. The Kier molecular flexibility index (Phi) is 4.87. The van der Waals surface area contributed by atoms with Gasteiger partial charge in [-0.1, -0.05) is 44.2 Å². The molecule has 2 aromatic rings. The highest BCUT2D eigenvalue weighted by Gasteiger charge is 2.17. The minimum Gasteiger partial charge on any atom is -0.394 e. The SMILES string of the molecule is CC(C)c1nc(C(=O)N[C@@H](CO)c2ccccc2)cs1. The van der Waals surface area contributed by atoms with E-state index in [0.717, 1.165) is 10.6 Å². The lowest BCUT2D eigenvalue weighted by Gasteiger charge is -2.15. The Balaban J connectivity index is 2.09. The average Bonchev–Trinajstić information content (AvgIpc) is 2.95. The molecule has 1 aromatic heterocycles. The van der Waals surface area contributed by atoms with Crippen molar-refractivity contribution in [3.63, 3.8) is 0 Å². The number of hydrogen-bond donors (Lipinski definition) is 2. The molecular formula is C15H18N2O2S. The van der Waals surface area contributed by atoms with E-state index in [9.17, 15) is 9.90 Å². The van der Waals surface area contributed by atoms with Crippen molar-refractivity contribution in [2.75, 3.05) is 6.61 Å². The first-order valence-electron chi connectivity index (χ1n) is 6.54. The van der Waals surface area contributed by atoms with Crippen molar-refractivity contribution in [3.8, 4) is 0 Å². The molecule has 1 atom stereocenters. The Morgan fingerprint density at radius 3 is 2.60 bits per heavy atom. The molecule has 1 amide bonds. The zero-order valence-electron chi connectivity index (χ0n) is 11.5. The number of carbonyl (C=O) groups is 1.